The summed E-state index contributed by atoms with van der Waals surface area (Å²) >= 11 is 0. The van der Waals surface area contributed by atoms with Crippen molar-refractivity contribution < 1.29 is 18.9 Å². The van der Waals surface area contributed by atoms with Crippen LogP contribution in [0.4, 0.5) is 4.39 Å². The minimum Gasteiger partial charge on any atom is -0.309 e. The van der Waals surface area contributed by atoms with Gasteiger partial charge >= 0.3 is 0 Å². The molecule has 1 atom stereocenters. The molecule has 0 radical (unpaired) electrons. The highest BCUT2D eigenvalue weighted by molar-refractivity contribution is 6.14. The molecule has 0 saturated heterocycles. The van der Waals surface area contributed by atoms with E-state index in [-0.39, 0.29) is 11.8 Å². The highest BCUT2D eigenvalue weighted by Gasteiger charge is 2.44. The zero-order chi connectivity index (χ0) is 13.5. The molecule has 1 aromatic rings. The lowest BCUT2D eigenvalue weighted by Crippen LogP contribution is -2.48. The van der Waals surface area contributed by atoms with Crippen molar-refractivity contribution in [2.45, 2.75) is 5.54 Å². The van der Waals surface area contributed by atoms with E-state index >= 15 is 0 Å². The summed E-state index contributed by atoms with van der Waals surface area (Å²) in [5.74, 6) is -1.85. The first-order valence-corrected chi connectivity index (χ1v) is 4.87. The standard InChI is InChI=1S/C11H7FN2O4/c12-7-3-1-2-6-10(7)8(14(17)18)4-9(16)11(6,13)5-15/h1-5H,13H2. The second kappa shape index (κ2) is 3.81. The molecule has 0 aliphatic heterocycles. The molecular formula is C11H7FN2O4. The maximum Gasteiger partial charge on any atom is 0.283 e. The van der Waals surface area contributed by atoms with E-state index < -0.39 is 33.3 Å². The van der Waals surface area contributed by atoms with Gasteiger partial charge in [-0.3, -0.25) is 14.9 Å². The number of fused-ring (bicyclic) bond motifs is 1. The Morgan fingerprint density at radius 1 is 1.44 bits per heavy atom. The molecule has 2 rings (SSSR count). The smallest absolute Gasteiger partial charge is 0.283 e. The van der Waals surface area contributed by atoms with Crippen LogP contribution in [0.1, 0.15) is 11.1 Å². The first-order chi connectivity index (χ1) is 8.41. The van der Waals surface area contributed by atoms with Gasteiger partial charge < -0.3 is 10.5 Å². The summed E-state index contributed by atoms with van der Waals surface area (Å²) < 4.78 is 13.7. The Kier molecular flexibility index (Phi) is 2.55. The van der Waals surface area contributed by atoms with Crippen LogP contribution in [0.5, 0.6) is 0 Å². The van der Waals surface area contributed by atoms with Gasteiger partial charge in [-0.15, -0.1) is 0 Å². The third kappa shape index (κ3) is 1.45. The quantitative estimate of drug-likeness (QED) is 0.353. The number of ketones is 1. The number of aldehydes is 1. The van der Waals surface area contributed by atoms with E-state index in [1.165, 1.54) is 12.1 Å². The molecule has 1 aliphatic carbocycles. The monoisotopic (exact) mass is 250 g/mol. The molecule has 0 bridgehead atoms. The number of rotatable bonds is 2. The molecule has 0 saturated carbocycles. The van der Waals surface area contributed by atoms with Crippen molar-refractivity contribution in [2.75, 3.05) is 0 Å². The Morgan fingerprint density at radius 3 is 2.67 bits per heavy atom. The van der Waals surface area contributed by atoms with E-state index in [2.05, 4.69) is 0 Å². The minimum absolute atomic E-state index is 0.154. The highest BCUT2D eigenvalue weighted by Crippen LogP contribution is 2.34. The fourth-order valence-electron chi connectivity index (χ4n) is 1.84. The zero-order valence-corrected chi connectivity index (χ0v) is 8.92. The molecule has 0 fully saturated rings. The van der Waals surface area contributed by atoms with E-state index in [0.29, 0.717) is 6.08 Å². The Hall–Kier alpha value is -2.41. The predicted molar refractivity (Wildman–Crippen MR) is 58.3 cm³/mol. The highest BCUT2D eigenvalue weighted by atomic mass is 19.1. The normalized spacial score (nSPS) is 22.1. The molecule has 1 aromatic carbocycles. The third-order valence-corrected chi connectivity index (χ3v) is 2.77. The van der Waals surface area contributed by atoms with Crippen LogP contribution in [-0.2, 0) is 15.1 Å². The third-order valence-electron chi connectivity index (χ3n) is 2.77. The van der Waals surface area contributed by atoms with Gasteiger partial charge in [0, 0.05) is 5.56 Å². The van der Waals surface area contributed by atoms with Crippen molar-refractivity contribution in [1.82, 2.24) is 0 Å². The number of benzene rings is 1. The maximum absolute atomic E-state index is 13.7. The topological polar surface area (TPSA) is 103 Å². The Bertz CT molecular complexity index is 611. The zero-order valence-electron chi connectivity index (χ0n) is 8.92. The van der Waals surface area contributed by atoms with Crippen LogP contribution in [0.15, 0.2) is 24.3 Å². The number of hydrogen-bond acceptors (Lipinski definition) is 5. The summed E-state index contributed by atoms with van der Waals surface area (Å²) in [7, 11) is 0. The van der Waals surface area contributed by atoms with E-state index in [9.17, 15) is 24.1 Å². The number of halogens is 1. The molecule has 7 heteroatoms. The molecule has 0 aromatic heterocycles. The molecule has 18 heavy (non-hydrogen) atoms. The van der Waals surface area contributed by atoms with Crippen molar-refractivity contribution in [3.8, 4) is 0 Å². The molecular weight excluding hydrogens is 243 g/mol. The molecule has 0 spiro atoms. The van der Waals surface area contributed by atoms with Crippen LogP contribution in [0, 0.1) is 15.9 Å². The van der Waals surface area contributed by atoms with Crippen LogP contribution in [0.25, 0.3) is 5.70 Å². The minimum atomic E-state index is -2.07. The van der Waals surface area contributed by atoms with E-state index in [1.807, 2.05) is 0 Å². The van der Waals surface area contributed by atoms with E-state index in [1.54, 1.807) is 0 Å². The number of nitro groups is 1. The number of carbonyl (C=O) groups is 2. The van der Waals surface area contributed by atoms with Gasteiger partial charge in [-0.25, -0.2) is 4.39 Å². The van der Waals surface area contributed by atoms with Gasteiger partial charge in [0.25, 0.3) is 5.70 Å². The first kappa shape index (κ1) is 12.1. The van der Waals surface area contributed by atoms with Crippen molar-refractivity contribution in [1.29, 1.82) is 0 Å². The second-order valence-corrected chi connectivity index (χ2v) is 3.80. The Balaban J connectivity index is 2.85. The van der Waals surface area contributed by atoms with Gasteiger partial charge in [0.1, 0.15) is 5.82 Å². The molecule has 2 N–H and O–H groups in total. The lowest BCUT2D eigenvalue weighted by molar-refractivity contribution is -0.375. The fraction of sp³-hybridized carbons (Fsp3) is 0.0909. The molecule has 1 aliphatic rings. The van der Waals surface area contributed by atoms with Crippen LogP contribution < -0.4 is 5.73 Å². The summed E-state index contributed by atoms with van der Waals surface area (Å²) in [6.45, 7) is 0. The van der Waals surface area contributed by atoms with Gasteiger partial charge in [-0.2, -0.15) is 0 Å². The average Bonchev–Trinajstić information content (AvgIpc) is 2.33. The summed E-state index contributed by atoms with van der Waals surface area (Å²) in [6.07, 6.45) is 0.737. The van der Waals surface area contributed by atoms with Crippen molar-refractivity contribution in [3.05, 3.63) is 51.3 Å². The second-order valence-electron chi connectivity index (χ2n) is 3.80. The Morgan fingerprint density at radius 2 is 2.11 bits per heavy atom. The Labute approximate surface area is 100 Å². The largest absolute Gasteiger partial charge is 0.309 e. The number of carbonyl (C=O) groups excluding carboxylic acids is 2. The first-order valence-electron chi connectivity index (χ1n) is 4.87. The van der Waals surface area contributed by atoms with Gasteiger partial charge in [0.2, 0.25) is 0 Å². The lowest BCUT2D eigenvalue weighted by atomic mass is 9.79. The van der Waals surface area contributed by atoms with Crippen LogP contribution in [-0.4, -0.2) is 17.0 Å². The van der Waals surface area contributed by atoms with Crippen molar-refractivity contribution >= 4 is 17.8 Å². The average molecular weight is 250 g/mol. The molecule has 0 heterocycles. The maximum atomic E-state index is 13.7. The molecule has 1 unspecified atom stereocenters. The molecule has 92 valence electrons. The van der Waals surface area contributed by atoms with Gasteiger partial charge in [0.15, 0.2) is 17.6 Å². The summed E-state index contributed by atoms with van der Waals surface area (Å²) in [4.78, 5) is 32.6. The summed E-state index contributed by atoms with van der Waals surface area (Å²) in [6, 6.07) is 3.45. The fourth-order valence-corrected chi connectivity index (χ4v) is 1.84. The van der Waals surface area contributed by atoms with Crippen molar-refractivity contribution in [3.63, 3.8) is 0 Å². The van der Waals surface area contributed by atoms with Crippen molar-refractivity contribution in [2.24, 2.45) is 5.73 Å². The number of nitrogens with two attached hydrogens (primary N) is 1. The van der Waals surface area contributed by atoms with Gasteiger partial charge in [-0.05, 0) is 6.07 Å². The van der Waals surface area contributed by atoms with E-state index in [4.69, 9.17) is 5.73 Å². The molecule has 6 nitrogen and oxygen atoms in total. The number of nitrogens with zero attached hydrogens (tertiary/aromatic N) is 1. The van der Waals surface area contributed by atoms with Crippen LogP contribution in [0.3, 0.4) is 0 Å². The van der Waals surface area contributed by atoms with Gasteiger partial charge in [-0.1, -0.05) is 12.1 Å². The SMILES string of the molecule is NC1(C=O)C(=O)C=C([N+](=O)[O-])c2c(F)cccc21. The molecule has 0 amide bonds. The van der Waals surface area contributed by atoms with Gasteiger partial charge in [0.05, 0.1) is 16.6 Å². The number of hydrogen-bond donors (Lipinski definition) is 1. The summed E-state index contributed by atoms with van der Waals surface area (Å²) in [5.41, 5.74) is 2.21. The predicted octanol–water partition coefficient (Wildman–Crippen LogP) is 0.379. The summed E-state index contributed by atoms with van der Waals surface area (Å²) in [5, 5.41) is 10.8. The van der Waals surface area contributed by atoms with Crippen LogP contribution in [0.2, 0.25) is 0 Å². The van der Waals surface area contributed by atoms with E-state index in [0.717, 1.165) is 6.07 Å². The van der Waals surface area contributed by atoms with Crippen LogP contribution >= 0.6 is 0 Å². The lowest BCUT2D eigenvalue weighted by Gasteiger charge is -2.25.